The molecule has 2 heteroatoms. The van der Waals surface area contributed by atoms with Crippen LogP contribution in [0.2, 0.25) is 0 Å². The molecule has 0 saturated heterocycles. The SMILES string of the molecule is Cc1cc(C)cc(-c2c(C)cc(N)cc2C#N)c1. The molecule has 0 radical (unpaired) electrons. The van der Waals surface area contributed by atoms with Crippen molar-refractivity contribution in [1.82, 2.24) is 0 Å². The first-order valence-electron chi connectivity index (χ1n) is 5.90. The highest BCUT2D eigenvalue weighted by Crippen LogP contribution is 2.30. The van der Waals surface area contributed by atoms with Crippen molar-refractivity contribution < 1.29 is 0 Å². The zero-order chi connectivity index (χ0) is 13.3. The molecule has 18 heavy (non-hydrogen) atoms. The summed E-state index contributed by atoms with van der Waals surface area (Å²) in [6.45, 7) is 6.12. The Hall–Kier alpha value is -2.27. The Morgan fingerprint density at radius 3 is 2.11 bits per heavy atom. The lowest BCUT2D eigenvalue weighted by molar-refractivity contribution is 1.36. The second kappa shape index (κ2) is 4.54. The number of anilines is 1. The lowest BCUT2D eigenvalue weighted by atomic mass is 9.93. The number of benzene rings is 2. The monoisotopic (exact) mass is 236 g/mol. The number of aryl methyl sites for hydroxylation is 3. The second-order valence-electron chi connectivity index (χ2n) is 4.75. The summed E-state index contributed by atoms with van der Waals surface area (Å²) < 4.78 is 0. The Morgan fingerprint density at radius 1 is 0.944 bits per heavy atom. The molecule has 0 bridgehead atoms. The number of nitrogen functional groups attached to an aromatic ring is 1. The van der Waals surface area contributed by atoms with Crippen LogP contribution >= 0.6 is 0 Å². The van der Waals surface area contributed by atoms with Crippen molar-refractivity contribution in [3.8, 4) is 17.2 Å². The summed E-state index contributed by atoms with van der Waals surface area (Å²) in [7, 11) is 0. The predicted octanol–water partition coefficient (Wildman–Crippen LogP) is 3.73. The van der Waals surface area contributed by atoms with Gasteiger partial charge in [-0.2, -0.15) is 5.26 Å². The van der Waals surface area contributed by atoms with Crippen molar-refractivity contribution in [2.24, 2.45) is 0 Å². The summed E-state index contributed by atoms with van der Waals surface area (Å²) in [6, 6.07) is 12.2. The molecule has 2 nitrogen and oxygen atoms in total. The number of nitriles is 1. The standard InChI is InChI=1S/C16H16N2/c1-10-4-11(2)6-13(5-10)16-12(3)7-15(18)8-14(16)9-17/h4-8H,18H2,1-3H3. The first kappa shape index (κ1) is 12.2. The maximum atomic E-state index is 9.26. The quantitative estimate of drug-likeness (QED) is 0.767. The number of nitrogens with two attached hydrogens (primary N) is 1. The predicted molar refractivity (Wildman–Crippen MR) is 75.2 cm³/mol. The van der Waals surface area contributed by atoms with E-state index in [9.17, 15) is 5.26 Å². The van der Waals surface area contributed by atoms with E-state index in [0.29, 0.717) is 11.3 Å². The van der Waals surface area contributed by atoms with E-state index in [4.69, 9.17) is 5.73 Å². The molecule has 0 unspecified atom stereocenters. The van der Waals surface area contributed by atoms with Gasteiger partial charge in [-0.05, 0) is 44.0 Å². The van der Waals surface area contributed by atoms with Gasteiger partial charge in [-0.15, -0.1) is 0 Å². The van der Waals surface area contributed by atoms with Crippen LogP contribution < -0.4 is 5.73 Å². The van der Waals surface area contributed by atoms with Gasteiger partial charge in [0, 0.05) is 11.3 Å². The van der Waals surface area contributed by atoms with Gasteiger partial charge in [-0.3, -0.25) is 0 Å². The summed E-state index contributed by atoms with van der Waals surface area (Å²) in [6.07, 6.45) is 0. The Bertz CT molecular complexity index is 629. The van der Waals surface area contributed by atoms with Crippen LogP contribution in [-0.4, -0.2) is 0 Å². The summed E-state index contributed by atoms with van der Waals surface area (Å²) in [5, 5.41) is 9.26. The third kappa shape index (κ3) is 2.21. The van der Waals surface area contributed by atoms with Gasteiger partial charge in [0.05, 0.1) is 11.6 Å². The molecule has 0 heterocycles. The molecular formula is C16H16N2. The first-order valence-corrected chi connectivity index (χ1v) is 5.90. The molecule has 90 valence electrons. The van der Waals surface area contributed by atoms with Gasteiger partial charge in [-0.25, -0.2) is 0 Å². The van der Waals surface area contributed by atoms with E-state index in [1.165, 1.54) is 11.1 Å². The molecular weight excluding hydrogens is 220 g/mol. The average molecular weight is 236 g/mol. The van der Waals surface area contributed by atoms with E-state index in [2.05, 4.69) is 38.1 Å². The number of nitrogens with zero attached hydrogens (tertiary/aromatic N) is 1. The zero-order valence-corrected chi connectivity index (χ0v) is 10.9. The largest absolute Gasteiger partial charge is 0.399 e. The van der Waals surface area contributed by atoms with Crippen molar-refractivity contribution in [2.45, 2.75) is 20.8 Å². The molecule has 0 spiro atoms. The molecule has 0 atom stereocenters. The second-order valence-corrected chi connectivity index (χ2v) is 4.75. The normalized spacial score (nSPS) is 10.1. The van der Waals surface area contributed by atoms with Gasteiger partial charge in [0.25, 0.3) is 0 Å². The van der Waals surface area contributed by atoms with Gasteiger partial charge in [-0.1, -0.05) is 29.3 Å². The van der Waals surface area contributed by atoms with Crippen molar-refractivity contribution in [3.05, 3.63) is 52.6 Å². The fraction of sp³-hybridized carbons (Fsp3) is 0.188. The van der Waals surface area contributed by atoms with E-state index < -0.39 is 0 Å². The molecule has 0 amide bonds. The maximum absolute atomic E-state index is 9.26. The maximum Gasteiger partial charge on any atom is 0.0999 e. The topological polar surface area (TPSA) is 49.8 Å². The van der Waals surface area contributed by atoms with Gasteiger partial charge >= 0.3 is 0 Å². The molecule has 0 aliphatic carbocycles. The summed E-state index contributed by atoms with van der Waals surface area (Å²) >= 11 is 0. The highest BCUT2D eigenvalue weighted by Gasteiger charge is 2.10. The highest BCUT2D eigenvalue weighted by atomic mass is 14.5. The Morgan fingerprint density at radius 2 is 1.56 bits per heavy atom. The van der Waals surface area contributed by atoms with Gasteiger partial charge in [0.1, 0.15) is 0 Å². The molecule has 2 aromatic carbocycles. The lowest BCUT2D eigenvalue weighted by Crippen LogP contribution is -1.94. The van der Waals surface area contributed by atoms with Crippen molar-refractivity contribution in [2.75, 3.05) is 5.73 Å². The minimum atomic E-state index is 0.636. The summed E-state index contributed by atoms with van der Waals surface area (Å²) in [5.41, 5.74) is 12.6. The van der Waals surface area contributed by atoms with Crippen LogP contribution in [-0.2, 0) is 0 Å². The average Bonchev–Trinajstić information content (AvgIpc) is 2.26. The lowest BCUT2D eigenvalue weighted by Gasteiger charge is -2.11. The Balaban J connectivity index is 2.75. The molecule has 2 aromatic rings. The van der Waals surface area contributed by atoms with E-state index in [-0.39, 0.29) is 0 Å². The van der Waals surface area contributed by atoms with Crippen molar-refractivity contribution in [3.63, 3.8) is 0 Å². The van der Waals surface area contributed by atoms with Crippen LogP contribution in [0.25, 0.3) is 11.1 Å². The fourth-order valence-electron chi connectivity index (χ4n) is 2.41. The van der Waals surface area contributed by atoms with E-state index >= 15 is 0 Å². The van der Waals surface area contributed by atoms with Crippen molar-refractivity contribution in [1.29, 1.82) is 5.26 Å². The van der Waals surface area contributed by atoms with Crippen LogP contribution in [0, 0.1) is 32.1 Å². The van der Waals surface area contributed by atoms with E-state index in [1.54, 1.807) is 6.07 Å². The van der Waals surface area contributed by atoms with Crippen molar-refractivity contribution >= 4 is 5.69 Å². The number of hydrogen-bond donors (Lipinski definition) is 1. The number of rotatable bonds is 1. The van der Waals surface area contributed by atoms with Crippen LogP contribution in [0.1, 0.15) is 22.3 Å². The van der Waals surface area contributed by atoms with Crippen LogP contribution in [0.4, 0.5) is 5.69 Å². The highest BCUT2D eigenvalue weighted by molar-refractivity contribution is 5.77. The smallest absolute Gasteiger partial charge is 0.0999 e. The van der Waals surface area contributed by atoms with E-state index in [0.717, 1.165) is 16.7 Å². The zero-order valence-electron chi connectivity index (χ0n) is 10.9. The van der Waals surface area contributed by atoms with Gasteiger partial charge in [0.2, 0.25) is 0 Å². The molecule has 0 aliphatic heterocycles. The third-order valence-corrected chi connectivity index (χ3v) is 2.99. The molecule has 0 aromatic heterocycles. The Kier molecular flexibility index (Phi) is 3.08. The first-order chi connectivity index (χ1) is 8.51. The fourth-order valence-corrected chi connectivity index (χ4v) is 2.41. The summed E-state index contributed by atoms with van der Waals surface area (Å²) in [4.78, 5) is 0. The summed E-state index contributed by atoms with van der Waals surface area (Å²) in [5.74, 6) is 0. The van der Waals surface area contributed by atoms with E-state index in [1.807, 2.05) is 13.0 Å². The minimum absolute atomic E-state index is 0.636. The molecule has 0 saturated carbocycles. The van der Waals surface area contributed by atoms with Crippen LogP contribution in [0.15, 0.2) is 30.3 Å². The molecule has 2 rings (SSSR count). The molecule has 0 aliphatic rings. The third-order valence-electron chi connectivity index (χ3n) is 2.99. The van der Waals surface area contributed by atoms with Crippen LogP contribution in [0.5, 0.6) is 0 Å². The Labute approximate surface area is 108 Å². The van der Waals surface area contributed by atoms with Gasteiger partial charge < -0.3 is 5.73 Å². The minimum Gasteiger partial charge on any atom is -0.399 e. The van der Waals surface area contributed by atoms with Crippen LogP contribution in [0.3, 0.4) is 0 Å². The molecule has 0 fully saturated rings. The molecule has 2 N–H and O–H groups in total. The number of hydrogen-bond acceptors (Lipinski definition) is 2. The van der Waals surface area contributed by atoms with Gasteiger partial charge in [0.15, 0.2) is 0 Å².